The molecule has 1 unspecified atom stereocenters. The van der Waals surface area contributed by atoms with Gasteiger partial charge in [0.15, 0.2) is 0 Å². The van der Waals surface area contributed by atoms with E-state index in [2.05, 4.69) is 10.00 Å². The van der Waals surface area contributed by atoms with Gasteiger partial charge in [0.1, 0.15) is 11.1 Å². The number of hydrogen-bond donors (Lipinski definition) is 1. The number of hydrogen-bond acceptors (Lipinski definition) is 4. The van der Waals surface area contributed by atoms with Crippen molar-refractivity contribution in [2.24, 2.45) is 5.73 Å². The second-order valence-electron chi connectivity index (χ2n) is 3.83. The van der Waals surface area contributed by atoms with Crippen LogP contribution >= 0.6 is 12.2 Å². The molecule has 1 fully saturated rings. The summed E-state index contributed by atoms with van der Waals surface area (Å²) in [6.07, 6.45) is 3.66. The van der Waals surface area contributed by atoms with Gasteiger partial charge in [-0.25, -0.2) is 0 Å². The molecule has 0 bridgehead atoms. The van der Waals surface area contributed by atoms with E-state index in [-0.39, 0.29) is 6.10 Å². The Labute approximate surface area is 100 Å². The first-order chi connectivity index (χ1) is 7.75. The van der Waals surface area contributed by atoms with Crippen molar-refractivity contribution in [3.05, 3.63) is 18.5 Å². The Bertz CT molecular complexity index is 341. The van der Waals surface area contributed by atoms with Crippen molar-refractivity contribution in [2.45, 2.75) is 12.6 Å². The van der Waals surface area contributed by atoms with Gasteiger partial charge in [-0.15, -0.1) is 0 Å². The molecule has 1 aromatic rings. The van der Waals surface area contributed by atoms with E-state index in [0.717, 1.165) is 26.2 Å². The molecule has 0 saturated carbocycles. The lowest BCUT2D eigenvalue weighted by Crippen LogP contribution is -2.48. The van der Waals surface area contributed by atoms with Crippen molar-refractivity contribution in [1.82, 2.24) is 14.7 Å². The molecule has 88 valence electrons. The summed E-state index contributed by atoms with van der Waals surface area (Å²) in [6.45, 7) is 4.25. The summed E-state index contributed by atoms with van der Waals surface area (Å²) in [4.78, 5) is 2.75. The number of nitrogens with zero attached hydrogens (tertiary/aromatic N) is 3. The van der Waals surface area contributed by atoms with Gasteiger partial charge in [-0.05, 0) is 6.07 Å². The van der Waals surface area contributed by atoms with Crippen LogP contribution in [0.3, 0.4) is 0 Å². The lowest BCUT2D eigenvalue weighted by atomic mass is 10.2. The molecule has 0 radical (unpaired) electrons. The van der Waals surface area contributed by atoms with Gasteiger partial charge in [-0.2, -0.15) is 5.10 Å². The van der Waals surface area contributed by atoms with Crippen molar-refractivity contribution in [3.8, 4) is 0 Å². The highest BCUT2D eigenvalue weighted by Gasteiger charge is 2.21. The maximum Gasteiger partial charge on any atom is 0.120 e. The molecule has 2 rings (SSSR count). The van der Waals surface area contributed by atoms with Gasteiger partial charge >= 0.3 is 0 Å². The minimum Gasteiger partial charge on any atom is -0.391 e. The van der Waals surface area contributed by atoms with Gasteiger partial charge in [0.2, 0.25) is 0 Å². The van der Waals surface area contributed by atoms with Crippen molar-refractivity contribution < 1.29 is 4.74 Å². The topological polar surface area (TPSA) is 56.3 Å². The maximum atomic E-state index is 5.58. The summed E-state index contributed by atoms with van der Waals surface area (Å²) < 4.78 is 7.40. The van der Waals surface area contributed by atoms with E-state index >= 15 is 0 Å². The fourth-order valence-corrected chi connectivity index (χ4v) is 1.90. The zero-order valence-electron chi connectivity index (χ0n) is 9.08. The molecule has 1 aliphatic heterocycles. The molecule has 1 atom stereocenters. The number of nitrogens with two attached hydrogens (primary N) is 1. The van der Waals surface area contributed by atoms with Crippen LogP contribution in [0.25, 0.3) is 0 Å². The molecule has 16 heavy (non-hydrogen) atoms. The van der Waals surface area contributed by atoms with Crippen LogP contribution in [0.4, 0.5) is 0 Å². The molecule has 2 heterocycles. The van der Waals surface area contributed by atoms with Crippen LogP contribution in [-0.4, -0.2) is 52.0 Å². The van der Waals surface area contributed by atoms with Crippen LogP contribution in [0.5, 0.6) is 0 Å². The largest absolute Gasteiger partial charge is 0.391 e. The summed E-state index contributed by atoms with van der Waals surface area (Å²) in [6, 6.07) is 1.93. The number of thiocarbonyl (C=S) groups is 1. The number of ether oxygens (including phenoxy) is 1. The summed E-state index contributed by atoms with van der Waals surface area (Å²) in [5, 5.41) is 4.16. The van der Waals surface area contributed by atoms with E-state index in [0.29, 0.717) is 11.6 Å². The van der Waals surface area contributed by atoms with Crippen LogP contribution in [0.1, 0.15) is 0 Å². The van der Waals surface area contributed by atoms with Gasteiger partial charge in [0.25, 0.3) is 0 Å². The van der Waals surface area contributed by atoms with Crippen LogP contribution in [0, 0.1) is 0 Å². The molecule has 0 aliphatic carbocycles. The standard InChI is InChI=1S/C10H16N4OS/c11-10(16)9-8-13(6-7-15-9)4-5-14-3-1-2-12-14/h1-3,9H,4-8H2,(H2,11,16). The Morgan fingerprint density at radius 1 is 1.56 bits per heavy atom. The Balaban J connectivity index is 1.79. The third kappa shape index (κ3) is 3.01. The summed E-state index contributed by atoms with van der Waals surface area (Å²) in [5.41, 5.74) is 5.58. The third-order valence-corrected chi connectivity index (χ3v) is 2.94. The zero-order valence-corrected chi connectivity index (χ0v) is 9.90. The molecular weight excluding hydrogens is 224 g/mol. The summed E-state index contributed by atoms with van der Waals surface area (Å²) in [5.74, 6) is 0. The van der Waals surface area contributed by atoms with Gasteiger partial charge in [-0.3, -0.25) is 9.58 Å². The number of morpholine rings is 1. The first kappa shape index (κ1) is 11.5. The highest BCUT2D eigenvalue weighted by Crippen LogP contribution is 2.05. The van der Waals surface area contributed by atoms with Crippen LogP contribution in [0.15, 0.2) is 18.5 Å². The zero-order chi connectivity index (χ0) is 11.4. The Kier molecular flexibility index (Phi) is 3.87. The predicted octanol–water partition coefficient (Wildman–Crippen LogP) is -0.130. The lowest BCUT2D eigenvalue weighted by Gasteiger charge is -2.32. The Morgan fingerprint density at radius 3 is 3.12 bits per heavy atom. The van der Waals surface area contributed by atoms with Crippen molar-refractivity contribution in [2.75, 3.05) is 26.2 Å². The summed E-state index contributed by atoms with van der Waals surface area (Å²) in [7, 11) is 0. The Hall–Kier alpha value is -0.980. The second-order valence-corrected chi connectivity index (χ2v) is 4.30. The molecule has 5 nitrogen and oxygen atoms in total. The monoisotopic (exact) mass is 240 g/mol. The molecule has 6 heteroatoms. The quantitative estimate of drug-likeness (QED) is 0.743. The average Bonchev–Trinajstić information content (AvgIpc) is 2.79. The second kappa shape index (κ2) is 5.38. The van der Waals surface area contributed by atoms with Gasteiger partial charge in [-0.1, -0.05) is 12.2 Å². The van der Waals surface area contributed by atoms with E-state index < -0.39 is 0 Å². The normalized spacial score (nSPS) is 22.1. The predicted molar refractivity (Wildman–Crippen MR) is 65.2 cm³/mol. The highest BCUT2D eigenvalue weighted by atomic mass is 32.1. The molecule has 1 saturated heterocycles. The van der Waals surface area contributed by atoms with Gasteiger partial charge < -0.3 is 10.5 Å². The van der Waals surface area contributed by atoms with Crippen LogP contribution < -0.4 is 5.73 Å². The lowest BCUT2D eigenvalue weighted by molar-refractivity contribution is 0.00574. The van der Waals surface area contributed by atoms with Crippen molar-refractivity contribution in [1.29, 1.82) is 0 Å². The minimum absolute atomic E-state index is 0.0960. The molecule has 0 aromatic carbocycles. The molecule has 1 aromatic heterocycles. The van der Waals surface area contributed by atoms with Gasteiger partial charge in [0.05, 0.1) is 13.2 Å². The minimum atomic E-state index is -0.0960. The van der Waals surface area contributed by atoms with Crippen LogP contribution in [-0.2, 0) is 11.3 Å². The molecule has 0 spiro atoms. The fraction of sp³-hybridized carbons (Fsp3) is 0.600. The third-order valence-electron chi connectivity index (χ3n) is 2.67. The summed E-state index contributed by atoms with van der Waals surface area (Å²) >= 11 is 4.94. The number of aromatic nitrogens is 2. The van der Waals surface area contributed by atoms with Crippen LogP contribution in [0.2, 0.25) is 0 Å². The van der Waals surface area contributed by atoms with Gasteiger partial charge in [0, 0.05) is 32.0 Å². The van der Waals surface area contributed by atoms with E-state index in [4.69, 9.17) is 22.7 Å². The SMILES string of the molecule is NC(=S)C1CN(CCn2cccn2)CCO1. The molecular formula is C10H16N4OS. The van der Waals surface area contributed by atoms with E-state index in [1.54, 1.807) is 6.20 Å². The highest BCUT2D eigenvalue weighted by molar-refractivity contribution is 7.80. The first-order valence-electron chi connectivity index (χ1n) is 5.36. The van der Waals surface area contributed by atoms with Crippen molar-refractivity contribution in [3.63, 3.8) is 0 Å². The van der Waals surface area contributed by atoms with E-state index in [9.17, 15) is 0 Å². The molecule has 2 N–H and O–H groups in total. The first-order valence-corrected chi connectivity index (χ1v) is 5.77. The molecule has 1 aliphatic rings. The average molecular weight is 240 g/mol. The molecule has 0 amide bonds. The fourth-order valence-electron chi connectivity index (χ4n) is 1.75. The van der Waals surface area contributed by atoms with E-state index in [1.165, 1.54) is 0 Å². The maximum absolute atomic E-state index is 5.58. The van der Waals surface area contributed by atoms with E-state index in [1.807, 2.05) is 16.9 Å². The Morgan fingerprint density at radius 2 is 2.44 bits per heavy atom. The number of rotatable bonds is 4. The smallest absolute Gasteiger partial charge is 0.120 e. The van der Waals surface area contributed by atoms with Crippen molar-refractivity contribution >= 4 is 17.2 Å².